The number of esters is 1. The average molecular weight is 403 g/mol. The minimum Gasteiger partial charge on any atom is -0.468 e. The lowest BCUT2D eigenvalue weighted by Gasteiger charge is -2.16. The number of methoxy groups -OCH3 is 1. The molecule has 2 aromatic rings. The molecule has 0 bridgehead atoms. The van der Waals surface area contributed by atoms with Gasteiger partial charge in [-0.3, -0.25) is 4.79 Å². The van der Waals surface area contributed by atoms with Crippen LogP contribution in [0.2, 0.25) is 0 Å². The predicted octanol–water partition coefficient (Wildman–Crippen LogP) is 2.85. The van der Waals surface area contributed by atoms with Crippen molar-refractivity contribution in [2.45, 2.75) is 24.4 Å². The lowest BCUT2D eigenvalue weighted by molar-refractivity contribution is -0.142. The van der Waals surface area contributed by atoms with E-state index < -0.39 is 6.09 Å². The van der Waals surface area contributed by atoms with Gasteiger partial charge in [0.1, 0.15) is 12.6 Å². The molecule has 1 saturated heterocycles. The van der Waals surface area contributed by atoms with Gasteiger partial charge in [0.05, 0.1) is 7.11 Å². The van der Waals surface area contributed by atoms with Crippen molar-refractivity contribution < 1.29 is 19.1 Å². The molecule has 0 radical (unpaired) electrons. The average Bonchev–Trinajstić information content (AvgIpc) is 3.28. The van der Waals surface area contributed by atoms with Crippen LogP contribution in [0.15, 0.2) is 48.5 Å². The van der Waals surface area contributed by atoms with E-state index >= 15 is 0 Å². The molecule has 4 rings (SSSR count). The molecular formula is C21H23ClN2O4. The van der Waals surface area contributed by atoms with Gasteiger partial charge < -0.3 is 20.1 Å². The molecule has 0 unspecified atom stereocenters. The maximum Gasteiger partial charge on any atom is 0.407 e. The summed E-state index contributed by atoms with van der Waals surface area (Å²) < 4.78 is 10.3. The molecule has 28 heavy (non-hydrogen) atoms. The van der Waals surface area contributed by atoms with E-state index in [4.69, 9.17) is 9.47 Å². The third-order valence-corrected chi connectivity index (χ3v) is 5.28. The lowest BCUT2D eigenvalue weighted by atomic mass is 9.98. The lowest BCUT2D eigenvalue weighted by Crippen LogP contribution is -2.37. The van der Waals surface area contributed by atoms with E-state index in [1.807, 2.05) is 24.3 Å². The van der Waals surface area contributed by atoms with E-state index in [0.29, 0.717) is 13.0 Å². The molecule has 148 valence electrons. The standard InChI is InChI=1S/C21H22N2O4.ClH/c1-26-20(24)19-10-13(11-22-19)23-21(25)27-12-18-16-8-4-2-6-14(16)15-7-3-5-9-17(15)18;/h2-9,13,18-19,22H,10-12H2,1H3,(H,23,25);1H/t13-,19-;/m0./s1. The van der Waals surface area contributed by atoms with Gasteiger partial charge in [0, 0.05) is 18.5 Å². The van der Waals surface area contributed by atoms with Gasteiger partial charge in [-0.05, 0) is 28.7 Å². The Morgan fingerprint density at radius 1 is 1.07 bits per heavy atom. The van der Waals surface area contributed by atoms with Crippen molar-refractivity contribution in [2.24, 2.45) is 0 Å². The van der Waals surface area contributed by atoms with E-state index in [1.54, 1.807) is 0 Å². The Morgan fingerprint density at radius 3 is 2.29 bits per heavy atom. The topological polar surface area (TPSA) is 76.7 Å². The summed E-state index contributed by atoms with van der Waals surface area (Å²) in [4.78, 5) is 23.8. The fraction of sp³-hybridized carbons (Fsp3) is 0.333. The van der Waals surface area contributed by atoms with Crippen molar-refractivity contribution in [3.63, 3.8) is 0 Å². The summed E-state index contributed by atoms with van der Waals surface area (Å²) >= 11 is 0. The summed E-state index contributed by atoms with van der Waals surface area (Å²) in [6.07, 6.45) is 0.0332. The minimum atomic E-state index is -0.464. The molecule has 1 heterocycles. The van der Waals surface area contributed by atoms with Crippen molar-refractivity contribution in [1.82, 2.24) is 10.6 Å². The number of rotatable bonds is 4. The number of hydrogen-bond donors (Lipinski definition) is 2. The molecule has 0 aromatic heterocycles. The Balaban J connectivity index is 0.00000225. The molecule has 1 fully saturated rings. The van der Waals surface area contributed by atoms with Crippen molar-refractivity contribution >= 4 is 24.5 Å². The maximum absolute atomic E-state index is 12.2. The fourth-order valence-corrected chi connectivity index (χ4v) is 3.97. The van der Waals surface area contributed by atoms with Crippen LogP contribution in [-0.4, -0.2) is 44.4 Å². The van der Waals surface area contributed by atoms with Crippen LogP contribution in [0, 0.1) is 0 Å². The second-order valence-corrected chi connectivity index (χ2v) is 6.89. The minimum absolute atomic E-state index is 0. The van der Waals surface area contributed by atoms with Gasteiger partial charge in [-0.2, -0.15) is 0 Å². The second-order valence-electron chi connectivity index (χ2n) is 6.89. The molecule has 1 aliphatic carbocycles. The van der Waals surface area contributed by atoms with Crippen LogP contribution in [0.5, 0.6) is 0 Å². The molecule has 0 spiro atoms. The van der Waals surface area contributed by atoms with Crippen LogP contribution in [-0.2, 0) is 14.3 Å². The van der Waals surface area contributed by atoms with Gasteiger partial charge in [0.25, 0.3) is 0 Å². The summed E-state index contributed by atoms with van der Waals surface area (Å²) in [6, 6.07) is 15.9. The summed E-state index contributed by atoms with van der Waals surface area (Å²) in [5, 5.41) is 5.87. The van der Waals surface area contributed by atoms with Gasteiger partial charge in [-0.25, -0.2) is 4.79 Å². The highest BCUT2D eigenvalue weighted by molar-refractivity contribution is 5.85. The third kappa shape index (κ3) is 3.84. The van der Waals surface area contributed by atoms with Crippen molar-refractivity contribution in [3.8, 4) is 11.1 Å². The van der Waals surface area contributed by atoms with Crippen LogP contribution in [0.3, 0.4) is 0 Å². The van der Waals surface area contributed by atoms with E-state index in [-0.39, 0.29) is 43.0 Å². The van der Waals surface area contributed by atoms with Crippen LogP contribution in [0.1, 0.15) is 23.5 Å². The second kappa shape index (κ2) is 8.63. The van der Waals surface area contributed by atoms with Gasteiger partial charge in [-0.1, -0.05) is 48.5 Å². The highest BCUT2D eigenvalue weighted by Gasteiger charge is 2.32. The van der Waals surface area contributed by atoms with Gasteiger partial charge >= 0.3 is 12.1 Å². The summed E-state index contributed by atoms with van der Waals surface area (Å²) in [7, 11) is 1.36. The Kier molecular flexibility index (Phi) is 6.21. The van der Waals surface area contributed by atoms with Crippen LogP contribution < -0.4 is 10.6 Å². The van der Waals surface area contributed by atoms with Crippen LogP contribution in [0.25, 0.3) is 11.1 Å². The Labute approximate surface area is 170 Å². The Bertz CT molecular complexity index is 827. The number of alkyl carbamates (subject to hydrolysis) is 1. The summed E-state index contributed by atoms with van der Waals surface area (Å²) in [6.45, 7) is 0.796. The molecular weight excluding hydrogens is 380 g/mol. The molecule has 1 amide bonds. The van der Waals surface area contributed by atoms with Crippen LogP contribution >= 0.6 is 12.4 Å². The Hall–Kier alpha value is -2.57. The number of amides is 1. The van der Waals surface area contributed by atoms with Crippen LogP contribution in [0.4, 0.5) is 4.79 Å². The number of fused-ring (bicyclic) bond motifs is 3. The summed E-state index contributed by atoms with van der Waals surface area (Å²) in [5.41, 5.74) is 4.76. The van der Waals surface area contributed by atoms with Gasteiger partial charge in [0.15, 0.2) is 0 Å². The van der Waals surface area contributed by atoms with E-state index in [2.05, 4.69) is 34.9 Å². The molecule has 1 aliphatic heterocycles. The quantitative estimate of drug-likeness (QED) is 0.769. The monoisotopic (exact) mass is 402 g/mol. The Morgan fingerprint density at radius 2 is 1.68 bits per heavy atom. The summed E-state index contributed by atoms with van der Waals surface area (Å²) in [5.74, 6) is -0.278. The van der Waals surface area contributed by atoms with E-state index in [0.717, 1.165) is 0 Å². The normalized spacial score (nSPS) is 19.9. The zero-order valence-corrected chi connectivity index (χ0v) is 16.3. The molecule has 6 nitrogen and oxygen atoms in total. The smallest absolute Gasteiger partial charge is 0.407 e. The largest absolute Gasteiger partial charge is 0.468 e. The van der Waals surface area contributed by atoms with Crippen molar-refractivity contribution in [3.05, 3.63) is 59.7 Å². The molecule has 2 aromatic carbocycles. The zero-order valence-electron chi connectivity index (χ0n) is 15.5. The molecule has 2 N–H and O–H groups in total. The number of carbonyl (C=O) groups excluding carboxylic acids is 2. The molecule has 0 saturated carbocycles. The highest BCUT2D eigenvalue weighted by atomic mass is 35.5. The number of benzene rings is 2. The molecule has 2 atom stereocenters. The van der Waals surface area contributed by atoms with Gasteiger partial charge in [-0.15, -0.1) is 12.4 Å². The fourth-order valence-electron chi connectivity index (χ4n) is 3.97. The number of carbonyl (C=O) groups is 2. The molecule has 7 heteroatoms. The number of ether oxygens (including phenoxy) is 2. The number of nitrogens with one attached hydrogen (secondary N) is 2. The molecule has 2 aliphatic rings. The maximum atomic E-state index is 12.2. The van der Waals surface area contributed by atoms with E-state index in [9.17, 15) is 9.59 Å². The predicted molar refractivity (Wildman–Crippen MR) is 108 cm³/mol. The first kappa shape index (κ1) is 20.2. The van der Waals surface area contributed by atoms with Gasteiger partial charge in [0.2, 0.25) is 0 Å². The number of hydrogen-bond acceptors (Lipinski definition) is 5. The van der Waals surface area contributed by atoms with E-state index in [1.165, 1.54) is 29.4 Å². The zero-order chi connectivity index (χ0) is 18.8. The first-order chi connectivity index (χ1) is 13.2. The highest BCUT2D eigenvalue weighted by Crippen LogP contribution is 2.44. The van der Waals surface area contributed by atoms with Crippen molar-refractivity contribution in [1.29, 1.82) is 0 Å². The third-order valence-electron chi connectivity index (χ3n) is 5.28. The first-order valence-electron chi connectivity index (χ1n) is 9.10. The SMILES string of the molecule is COC(=O)[C@@H]1C[C@H](NC(=O)OCC2c3ccccc3-c3ccccc32)CN1.Cl. The van der Waals surface area contributed by atoms with Crippen molar-refractivity contribution in [2.75, 3.05) is 20.3 Å². The first-order valence-corrected chi connectivity index (χ1v) is 9.10. The number of halogens is 1.